The zero-order valence-corrected chi connectivity index (χ0v) is 13.7. The van der Waals surface area contributed by atoms with Crippen LogP contribution in [-0.4, -0.2) is 40.4 Å². The fraction of sp³-hybridized carbons (Fsp3) is 0.412. The van der Waals surface area contributed by atoms with Crippen molar-refractivity contribution >= 4 is 17.8 Å². The molecule has 0 fully saturated rings. The molecular weight excluding hydrogens is 312 g/mol. The van der Waals surface area contributed by atoms with Gasteiger partial charge >= 0.3 is 11.9 Å². The number of aliphatic carboxylic acids is 1. The topological polar surface area (TPSA) is 108 Å². The largest absolute Gasteiger partial charge is 0.479 e. The van der Waals surface area contributed by atoms with Crippen LogP contribution >= 0.6 is 0 Å². The Bertz CT molecular complexity index is 633. The summed E-state index contributed by atoms with van der Waals surface area (Å²) in [5, 5.41) is 18.0. The highest BCUT2D eigenvalue weighted by Gasteiger charge is 2.36. The lowest BCUT2D eigenvalue weighted by molar-refractivity contribution is -0.165. The Morgan fingerprint density at radius 1 is 1.25 bits per heavy atom. The lowest BCUT2D eigenvalue weighted by Crippen LogP contribution is -2.50. The maximum atomic E-state index is 12.1. The maximum absolute atomic E-state index is 12.1. The van der Waals surface area contributed by atoms with Crippen molar-refractivity contribution in [1.29, 1.82) is 5.26 Å². The average molecular weight is 332 g/mol. The lowest BCUT2D eigenvalue weighted by Gasteiger charge is -2.26. The quantitative estimate of drug-likeness (QED) is 0.573. The first-order chi connectivity index (χ1) is 11.4. The van der Waals surface area contributed by atoms with Crippen LogP contribution < -0.4 is 0 Å². The van der Waals surface area contributed by atoms with Gasteiger partial charge in [-0.15, -0.1) is 0 Å². The number of carbonyl (C=O) groups excluding carboxylic acids is 2. The third kappa shape index (κ3) is 5.09. The van der Waals surface area contributed by atoms with E-state index in [4.69, 9.17) is 10.00 Å². The molecule has 0 saturated carbocycles. The summed E-state index contributed by atoms with van der Waals surface area (Å²) >= 11 is 0. The number of ether oxygens (including phenoxy) is 1. The number of carboxylic acid groups (broad SMARTS) is 1. The van der Waals surface area contributed by atoms with Crippen molar-refractivity contribution < 1.29 is 24.2 Å². The summed E-state index contributed by atoms with van der Waals surface area (Å²) in [4.78, 5) is 36.6. The SMILES string of the molecule is CCCC(=O)N(CC)C(C(=O)O)C(=O)OCc1ccc(C#N)cc1. The van der Waals surface area contributed by atoms with Gasteiger partial charge < -0.3 is 14.7 Å². The molecule has 1 N–H and O–H groups in total. The van der Waals surface area contributed by atoms with Gasteiger partial charge in [-0.3, -0.25) is 4.79 Å². The second kappa shape index (κ2) is 9.30. The van der Waals surface area contributed by atoms with E-state index in [1.165, 1.54) is 0 Å². The summed E-state index contributed by atoms with van der Waals surface area (Å²) in [5.74, 6) is -2.81. The summed E-state index contributed by atoms with van der Waals surface area (Å²) in [7, 11) is 0. The molecule has 7 nitrogen and oxygen atoms in total. The molecule has 0 spiro atoms. The van der Waals surface area contributed by atoms with Gasteiger partial charge in [0.05, 0.1) is 11.6 Å². The highest BCUT2D eigenvalue weighted by molar-refractivity contribution is 6.01. The van der Waals surface area contributed by atoms with Gasteiger partial charge in [0.1, 0.15) is 6.61 Å². The van der Waals surface area contributed by atoms with E-state index in [9.17, 15) is 19.5 Å². The van der Waals surface area contributed by atoms with Crippen molar-refractivity contribution in [2.45, 2.75) is 39.3 Å². The number of benzene rings is 1. The normalized spacial score (nSPS) is 11.2. The van der Waals surface area contributed by atoms with Crippen LogP contribution in [0.1, 0.15) is 37.8 Å². The number of nitrogens with zero attached hydrogens (tertiary/aromatic N) is 2. The molecule has 0 heterocycles. The van der Waals surface area contributed by atoms with Crippen LogP contribution in [0.3, 0.4) is 0 Å². The number of esters is 1. The van der Waals surface area contributed by atoms with Crippen LogP contribution in [0.5, 0.6) is 0 Å². The zero-order chi connectivity index (χ0) is 18.1. The number of hydrogen-bond acceptors (Lipinski definition) is 5. The average Bonchev–Trinajstić information content (AvgIpc) is 2.57. The Morgan fingerprint density at radius 3 is 2.33 bits per heavy atom. The minimum Gasteiger partial charge on any atom is -0.479 e. The van der Waals surface area contributed by atoms with Gasteiger partial charge in [-0.25, -0.2) is 9.59 Å². The molecule has 0 bridgehead atoms. The van der Waals surface area contributed by atoms with Crippen LogP contribution in [0.2, 0.25) is 0 Å². The Kier molecular flexibility index (Phi) is 7.43. The predicted octanol–water partition coefficient (Wildman–Crippen LogP) is 1.70. The number of carbonyl (C=O) groups is 3. The van der Waals surface area contributed by atoms with E-state index in [1.54, 1.807) is 38.1 Å². The van der Waals surface area contributed by atoms with E-state index >= 15 is 0 Å². The molecule has 128 valence electrons. The van der Waals surface area contributed by atoms with E-state index in [0.29, 0.717) is 17.5 Å². The van der Waals surface area contributed by atoms with Crippen molar-refractivity contribution in [2.24, 2.45) is 0 Å². The Labute approximate surface area is 140 Å². The van der Waals surface area contributed by atoms with E-state index in [2.05, 4.69) is 0 Å². The van der Waals surface area contributed by atoms with Crippen LogP contribution in [0, 0.1) is 11.3 Å². The van der Waals surface area contributed by atoms with E-state index in [0.717, 1.165) is 4.90 Å². The minimum absolute atomic E-state index is 0.0990. The van der Waals surface area contributed by atoms with Gasteiger partial charge in [0, 0.05) is 13.0 Å². The predicted molar refractivity (Wildman–Crippen MR) is 84.7 cm³/mol. The van der Waals surface area contributed by atoms with Crippen LogP contribution in [0.4, 0.5) is 0 Å². The fourth-order valence-electron chi connectivity index (χ4n) is 2.13. The Morgan fingerprint density at radius 2 is 1.88 bits per heavy atom. The minimum atomic E-state index is -1.66. The molecule has 0 saturated heterocycles. The molecule has 1 unspecified atom stereocenters. The summed E-state index contributed by atoms with van der Waals surface area (Å²) in [6, 6.07) is 6.68. The van der Waals surface area contributed by atoms with E-state index in [-0.39, 0.29) is 19.6 Å². The highest BCUT2D eigenvalue weighted by Crippen LogP contribution is 2.10. The van der Waals surface area contributed by atoms with Crippen molar-refractivity contribution in [2.75, 3.05) is 6.54 Å². The zero-order valence-electron chi connectivity index (χ0n) is 13.7. The number of amides is 1. The molecule has 0 aromatic heterocycles. The molecule has 1 aromatic carbocycles. The van der Waals surface area contributed by atoms with Crippen molar-refractivity contribution in [3.63, 3.8) is 0 Å². The molecule has 1 aromatic rings. The molecule has 0 aliphatic rings. The van der Waals surface area contributed by atoms with Gasteiger partial charge in [0.15, 0.2) is 0 Å². The second-order valence-electron chi connectivity index (χ2n) is 5.09. The second-order valence-corrected chi connectivity index (χ2v) is 5.09. The summed E-state index contributed by atoms with van der Waals surface area (Å²) in [6.45, 7) is 3.37. The maximum Gasteiger partial charge on any atom is 0.341 e. The Balaban J connectivity index is 2.80. The first-order valence-electron chi connectivity index (χ1n) is 7.62. The smallest absolute Gasteiger partial charge is 0.341 e. The molecule has 1 amide bonds. The van der Waals surface area contributed by atoms with E-state index in [1.807, 2.05) is 6.07 Å². The monoisotopic (exact) mass is 332 g/mol. The number of likely N-dealkylation sites (N-methyl/N-ethyl adjacent to an activating group) is 1. The van der Waals surface area contributed by atoms with E-state index < -0.39 is 23.9 Å². The third-order valence-electron chi connectivity index (χ3n) is 3.36. The molecule has 7 heteroatoms. The van der Waals surface area contributed by atoms with Gasteiger partial charge in [0.2, 0.25) is 11.9 Å². The first-order valence-corrected chi connectivity index (χ1v) is 7.62. The van der Waals surface area contributed by atoms with Crippen molar-refractivity contribution in [3.05, 3.63) is 35.4 Å². The van der Waals surface area contributed by atoms with Gasteiger partial charge in [-0.1, -0.05) is 19.1 Å². The van der Waals surface area contributed by atoms with Crippen LogP contribution in [0.15, 0.2) is 24.3 Å². The Hall–Kier alpha value is -2.88. The number of carboxylic acids is 1. The van der Waals surface area contributed by atoms with Gasteiger partial charge in [-0.05, 0) is 31.0 Å². The van der Waals surface area contributed by atoms with Crippen molar-refractivity contribution in [3.8, 4) is 6.07 Å². The highest BCUT2D eigenvalue weighted by atomic mass is 16.5. The van der Waals surface area contributed by atoms with Crippen LogP contribution in [-0.2, 0) is 25.7 Å². The first kappa shape index (κ1) is 19.2. The molecule has 24 heavy (non-hydrogen) atoms. The molecule has 0 aliphatic carbocycles. The fourth-order valence-corrected chi connectivity index (χ4v) is 2.13. The lowest BCUT2D eigenvalue weighted by atomic mass is 10.1. The molecule has 1 atom stereocenters. The third-order valence-corrected chi connectivity index (χ3v) is 3.36. The summed E-state index contributed by atoms with van der Waals surface area (Å²) in [6.07, 6.45) is 0.725. The molecule has 0 aliphatic heterocycles. The molecule has 1 rings (SSSR count). The van der Waals surface area contributed by atoms with Crippen molar-refractivity contribution in [1.82, 2.24) is 4.90 Å². The van der Waals surface area contributed by atoms with Gasteiger partial charge in [0.25, 0.3) is 0 Å². The standard InChI is InChI=1S/C17H20N2O5/c1-3-5-14(20)19(4-2)15(16(21)22)17(23)24-11-13-8-6-12(10-18)7-9-13/h6-9,15H,3-5,11H2,1-2H3,(H,21,22). The molecule has 0 radical (unpaired) electrons. The van der Waals surface area contributed by atoms with Crippen LogP contribution in [0.25, 0.3) is 0 Å². The summed E-state index contributed by atoms with van der Waals surface area (Å²) in [5.41, 5.74) is 1.09. The number of nitriles is 1. The molecular formula is C17H20N2O5. The van der Waals surface area contributed by atoms with Gasteiger partial charge in [-0.2, -0.15) is 5.26 Å². The summed E-state index contributed by atoms with van der Waals surface area (Å²) < 4.78 is 5.04. The number of hydrogen-bond donors (Lipinski definition) is 1. The number of rotatable bonds is 8.